The van der Waals surface area contributed by atoms with Crippen LogP contribution in [0.25, 0.3) is 0 Å². The summed E-state index contributed by atoms with van der Waals surface area (Å²) in [6, 6.07) is 13.8. The third-order valence-corrected chi connectivity index (χ3v) is 3.77. The first-order valence-corrected chi connectivity index (χ1v) is 7.26. The predicted molar refractivity (Wildman–Crippen MR) is 90.4 cm³/mol. The molecule has 2 aromatic carbocycles. The van der Waals surface area contributed by atoms with Crippen LogP contribution in [0.5, 0.6) is 5.75 Å². The molecule has 0 unspecified atom stereocenters. The zero-order valence-corrected chi connectivity index (χ0v) is 13.4. The number of benzene rings is 2. The summed E-state index contributed by atoms with van der Waals surface area (Å²) in [7, 11) is 1.66. The number of rotatable bonds is 5. The van der Waals surface area contributed by atoms with Crippen molar-refractivity contribution in [2.24, 2.45) is 5.73 Å². The number of halogens is 1. The van der Waals surface area contributed by atoms with Gasteiger partial charge in [0.1, 0.15) is 10.7 Å². The Morgan fingerprint density at radius 2 is 1.95 bits per heavy atom. The molecule has 0 aliphatic heterocycles. The fraction of sp³-hybridized carbons (Fsp3) is 0.133. The second-order valence-electron chi connectivity index (χ2n) is 4.26. The molecule has 5 heteroatoms. The number of methoxy groups -OCH3 is 1. The first-order chi connectivity index (χ1) is 9.60. The molecule has 0 spiro atoms. The van der Waals surface area contributed by atoms with Gasteiger partial charge in [-0.05, 0) is 51.8 Å². The molecule has 0 bridgehead atoms. The number of ether oxygens (including phenoxy) is 1. The summed E-state index contributed by atoms with van der Waals surface area (Å²) in [5, 5.41) is 3.35. The molecular weight excluding hydrogens is 336 g/mol. The molecule has 0 aliphatic carbocycles. The van der Waals surface area contributed by atoms with Crippen molar-refractivity contribution >= 4 is 38.8 Å². The van der Waals surface area contributed by atoms with Crippen LogP contribution < -0.4 is 15.8 Å². The minimum atomic E-state index is 0.388. The van der Waals surface area contributed by atoms with Crippen LogP contribution in [0.1, 0.15) is 11.1 Å². The maximum absolute atomic E-state index is 5.63. The minimum Gasteiger partial charge on any atom is -0.497 e. The molecule has 0 aliphatic rings. The molecule has 0 saturated carbocycles. The highest BCUT2D eigenvalue weighted by molar-refractivity contribution is 9.10. The van der Waals surface area contributed by atoms with E-state index >= 15 is 0 Å². The summed E-state index contributed by atoms with van der Waals surface area (Å²) in [6.07, 6.45) is 0. The lowest BCUT2D eigenvalue weighted by Crippen LogP contribution is -2.10. The molecule has 20 heavy (non-hydrogen) atoms. The number of anilines is 1. The van der Waals surface area contributed by atoms with Crippen LogP contribution in [0.4, 0.5) is 5.69 Å². The van der Waals surface area contributed by atoms with E-state index < -0.39 is 0 Å². The number of nitrogens with one attached hydrogen (secondary N) is 1. The Bertz CT molecular complexity index is 614. The van der Waals surface area contributed by atoms with Gasteiger partial charge in [-0.25, -0.2) is 0 Å². The molecule has 104 valence electrons. The Labute approximate surface area is 132 Å². The van der Waals surface area contributed by atoms with Gasteiger partial charge in [0.25, 0.3) is 0 Å². The van der Waals surface area contributed by atoms with Crippen molar-refractivity contribution in [2.45, 2.75) is 6.54 Å². The van der Waals surface area contributed by atoms with Gasteiger partial charge in [-0.3, -0.25) is 0 Å². The topological polar surface area (TPSA) is 47.3 Å². The van der Waals surface area contributed by atoms with Gasteiger partial charge < -0.3 is 15.8 Å². The predicted octanol–water partition coefficient (Wildman–Crippen LogP) is 3.70. The van der Waals surface area contributed by atoms with Gasteiger partial charge in [0.2, 0.25) is 0 Å². The molecule has 0 fully saturated rings. The quantitative estimate of drug-likeness (QED) is 0.807. The second-order valence-corrected chi connectivity index (χ2v) is 5.55. The lowest BCUT2D eigenvalue weighted by molar-refractivity contribution is 0.414. The van der Waals surface area contributed by atoms with Gasteiger partial charge in [-0.1, -0.05) is 24.4 Å². The molecule has 0 amide bonds. The standard InChI is InChI=1S/C15H15BrN2OS/c1-19-12-5-2-10(3-6-12)9-18-11-4-7-13(15(17)20)14(16)8-11/h2-8,18H,9H2,1H3,(H2,17,20). The Morgan fingerprint density at radius 3 is 2.50 bits per heavy atom. The Hall–Kier alpha value is -1.59. The lowest BCUT2D eigenvalue weighted by atomic mass is 10.2. The van der Waals surface area contributed by atoms with Crippen LogP contribution in [-0.4, -0.2) is 12.1 Å². The molecular formula is C15H15BrN2OS. The summed E-state index contributed by atoms with van der Waals surface area (Å²) < 4.78 is 6.03. The molecule has 0 aromatic heterocycles. The molecule has 3 nitrogen and oxygen atoms in total. The molecule has 2 rings (SSSR count). The van der Waals surface area contributed by atoms with Gasteiger partial charge in [0.05, 0.1) is 7.11 Å². The number of hydrogen-bond donors (Lipinski definition) is 2. The van der Waals surface area contributed by atoms with Crippen molar-refractivity contribution in [1.29, 1.82) is 0 Å². The van der Waals surface area contributed by atoms with Crippen LogP contribution in [0.15, 0.2) is 46.9 Å². The summed E-state index contributed by atoms with van der Waals surface area (Å²) in [4.78, 5) is 0.388. The zero-order chi connectivity index (χ0) is 14.5. The number of thiocarbonyl (C=S) groups is 1. The first-order valence-electron chi connectivity index (χ1n) is 6.06. The van der Waals surface area contributed by atoms with Crippen LogP contribution in [0.3, 0.4) is 0 Å². The van der Waals surface area contributed by atoms with Crippen molar-refractivity contribution in [3.05, 3.63) is 58.1 Å². The number of nitrogens with two attached hydrogens (primary N) is 1. The summed E-state index contributed by atoms with van der Waals surface area (Å²) in [6.45, 7) is 0.739. The van der Waals surface area contributed by atoms with E-state index in [9.17, 15) is 0 Å². The molecule has 0 atom stereocenters. The highest BCUT2D eigenvalue weighted by Gasteiger charge is 2.04. The summed E-state index contributed by atoms with van der Waals surface area (Å²) in [5.74, 6) is 0.859. The van der Waals surface area contributed by atoms with E-state index in [0.717, 1.165) is 28.0 Å². The fourth-order valence-corrected chi connectivity index (χ4v) is 2.67. The zero-order valence-electron chi connectivity index (χ0n) is 11.0. The maximum Gasteiger partial charge on any atom is 0.118 e. The van der Waals surface area contributed by atoms with Crippen molar-refractivity contribution in [2.75, 3.05) is 12.4 Å². The maximum atomic E-state index is 5.63. The molecule has 2 aromatic rings. The van der Waals surface area contributed by atoms with Gasteiger partial charge in [-0.15, -0.1) is 0 Å². The van der Waals surface area contributed by atoms with Crippen molar-refractivity contribution < 1.29 is 4.74 Å². The molecule has 0 heterocycles. The van der Waals surface area contributed by atoms with E-state index in [2.05, 4.69) is 21.2 Å². The summed E-state index contributed by atoms with van der Waals surface area (Å²) in [5.41, 5.74) is 8.66. The van der Waals surface area contributed by atoms with E-state index in [1.54, 1.807) is 7.11 Å². The average molecular weight is 351 g/mol. The van der Waals surface area contributed by atoms with Crippen molar-refractivity contribution in [3.8, 4) is 5.75 Å². The molecule has 0 radical (unpaired) electrons. The van der Waals surface area contributed by atoms with E-state index in [1.165, 1.54) is 5.56 Å². The highest BCUT2D eigenvalue weighted by Crippen LogP contribution is 2.22. The monoisotopic (exact) mass is 350 g/mol. The van der Waals surface area contributed by atoms with Gasteiger partial charge >= 0.3 is 0 Å². The van der Waals surface area contributed by atoms with E-state index in [4.69, 9.17) is 22.7 Å². The third-order valence-electron chi connectivity index (χ3n) is 2.89. The van der Waals surface area contributed by atoms with E-state index in [1.807, 2.05) is 42.5 Å². The minimum absolute atomic E-state index is 0.388. The van der Waals surface area contributed by atoms with E-state index in [0.29, 0.717) is 4.99 Å². The Balaban J connectivity index is 2.03. The van der Waals surface area contributed by atoms with Gasteiger partial charge in [0, 0.05) is 22.3 Å². The van der Waals surface area contributed by atoms with Crippen molar-refractivity contribution in [3.63, 3.8) is 0 Å². The number of hydrogen-bond acceptors (Lipinski definition) is 3. The SMILES string of the molecule is COc1ccc(CNc2ccc(C(N)=S)c(Br)c2)cc1. The Morgan fingerprint density at radius 1 is 1.25 bits per heavy atom. The van der Waals surface area contributed by atoms with Crippen LogP contribution >= 0.6 is 28.1 Å². The largest absolute Gasteiger partial charge is 0.497 e. The Kier molecular flexibility index (Phi) is 4.98. The van der Waals surface area contributed by atoms with Gasteiger partial charge in [-0.2, -0.15) is 0 Å². The lowest BCUT2D eigenvalue weighted by Gasteiger charge is -2.09. The normalized spacial score (nSPS) is 10.1. The van der Waals surface area contributed by atoms with E-state index in [-0.39, 0.29) is 0 Å². The van der Waals surface area contributed by atoms with Crippen LogP contribution in [-0.2, 0) is 6.54 Å². The second kappa shape index (κ2) is 6.72. The van der Waals surface area contributed by atoms with Crippen LogP contribution in [0, 0.1) is 0 Å². The summed E-state index contributed by atoms with van der Waals surface area (Å²) >= 11 is 8.44. The first kappa shape index (κ1) is 14.8. The molecule has 0 saturated heterocycles. The van der Waals surface area contributed by atoms with Crippen molar-refractivity contribution in [1.82, 2.24) is 0 Å². The smallest absolute Gasteiger partial charge is 0.118 e. The molecule has 3 N–H and O–H groups in total. The highest BCUT2D eigenvalue weighted by atomic mass is 79.9. The average Bonchev–Trinajstić information content (AvgIpc) is 2.45. The van der Waals surface area contributed by atoms with Gasteiger partial charge in [0.15, 0.2) is 0 Å². The third kappa shape index (κ3) is 3.71. The van der Waals surface area contributed by atoms with Crippen LogP contribution in [0.2, 0.25) is 0 Å². The fourth-order valence-electron chi connectivity index (χ4n) is 1.77.